The third-order valence-electron chi connectivity index (χ3n) is 4.95. The first kappa shape index (κ1) is 26.1. The van der Waals surface area contributed by atoms with Crippen molar-refractivity contribution < 1.29 is 19.1 Å². The monoisotopic (exact) mass is 475 g/mol. The number of hydrogen-bond acceptors (Lipinski definition) is 8. The Bertz CT molecular complexity index is 1190. The molecule has 0 saturated heterocycles. The fraction of sp³-hybridized carbons (Fsp3) is 0.435. The fourth-order valence-electron chi connectivity index (χ4n) is 2.89. The van der Waals surface area contributed by atoms with Gasteiger partial charge in [0.15, 0.2) is 18.2 Å². The minimum atomic E-state index is -0.760. The Morgan fingerprint density at radius 2 is 1.76 bits per heavy atom. The van der Waals surface area contributed by atoms with Crippen molar-refractivity contribution in [3.05, 3.63) is 56.2 Å². The molecular formula is C23H29N3O6S. The molecule has 2 N–H and O–H groups in total. The van der Waals surface area contributed by atoms with Crippen LogP contribution in [-0.4, -0.2) is 39.0 Å². The Kier molecular flexibility index (Phi) is 8.43. The molecule has 10 heteroatoms. The second-order valence-corrected chi connectivity index (χ2v) is 9.53. The Morgan fingerprint density at radius 1 is 1.12 bits per heavy atom. The number of aromatic nitrogens is 2. The van der Waals surface area contributed by atoms with Crippen LogP contribution in [0.25, 0.3) is 0 Å². The Morgan fingerprint density at radius 3 is 2.36 bits per heavy atom. The molecule has 0 fully saturated rings. The molecule has 1 aromatic carbocycles. The molecule has 178 valence electrons. The third-order valence-corrected chi connectivity index (χ3v) is 6.02. The van der Waals surface area contributed by atoms with Crippen molar-refractivity contribution in [2.75, 3.05) is 18.1 Å². The number of hydrogen-bond donors (Lipinski definition) is 1. The third kappa shape index (κ3) is 6.01. The number of nitrogens with zero attached hydrogens (tertiary/aromatic N) is 2. The first-order valence-corrected chi connectivity index (χ1v) is 11.4. The number of benzene rings is 1. The number of anilines is 1. The highest BCUT2D eigenvalue weighted by atomic mass is 32.2. The van der Waals surface area contributed by atoms with E-state index < -0.39 is 28.4 Å². The predicted octanol–water partition coefficient (Wildman–Crippen LogP) is 2.29. The van der Waals surface area contributed by atoms with Gasteiger partial charge in [-0.1, -0.05) is 39.8 Å². The van der Waals surface area contributed by atoms with Gasteiger partial charge in [-0.15, -0.1) is 11.8 Å². The molecule has 2 aromatic rings. The number of esters is 1. The zero-order chi connectivity index (χ0) is 24.9. The predicted molar refractivity (Wildman–Crippen MR) is 127 cm³/mol. The van der Waals surface area contributed by atoms with E-state index >= 15 is 0 Å². The number of ketones is 2. The number of ether oxygens (including phenoxy) is 1. The number of thioether (sulfide) groups is 1. The molecule has 0 amide bonds. The van der Waals surface area contributed by atoms with Crippen LogP contribution < -0.4 is 17.0 Å². The van der Waals surface area contributed by atoms with Gasteiger partial charge in [-0.05, 0) is 18.6 Å². The molecule has 1 heterocycles. The van der Waals surface area contributed by atoms with E-state index in [4.69, 9.17) is 10.5 Å². The average Bonchev–Trinajstić information content (AvgIpc) is 2.76. The van der Waals surface area contributed by atoms with Gasteiger partial charge in [0, 0.05) is 23.9 Å². The molecule has 0 aliphatic rings. The van der Waals surface area contributed by atoms with E-state index in [1.807, 2.05) is 6.92 Å². The maximum Gasteiger partial charge on any atom is 0.339 e. The lowest BCUT2D eigenvalue weighted by molar-refractivity contribution is -0.129. The summed E-state index contributed by atoms with van der Waals surface area (Å²) in [5, 5.41) is 0. The van der Waals surface area contributed by atoms with Gasteiger partial charge in [0.05, 0.1) is 11.3 Å². The molecule has 0 atom stereocenters. The Hall–Kier alpha value is -3.14. The summed E-state index contributed by atoms with van der Waals surface area (Å²) in [6.07, 6.45) is 0.595. The number of carbonyl (C=O) groups is 3. The van der Waals surface area contributed by atoms with Crippen LogP contribution in [0.4, 0.5) is 5.82 Å². The first-order chi connectivity index (χ1) is 15.4. The van der Waals surface area contributed by atoms with Gasteiger partial charge in [0.1, 0.15) is 11.4 Å². The van der Waals surface area contributed by atoms with E-state index in [0.717, 1.165) is 16.3 Å². The summed E-state index contributed by atoms with van der Waals surface area (Å²) in [6, 6.07) is 6.51. The molecule has 9 nitrogen and oxygen atoms in total. The molecule has 0 aliphatic carbocycles. The number of nitrogen functional groups attached to an aromatic ring is 1. The second-order valence-electron chi connectivity index (χ2n) is 8.52. The summed E-state index contributed by atoms with van der Waals surface area (Å²) in [5.74, 6) is -1.81. The van der Waals surface area contributed by atoms with Crippen molar-refractivity contribution in [2.24, 2.45) is 12.5 Å². The lowest BCUT2D eigenvalue weighted by atomic mass is 9.91. The maximum absolute atomic E-state index is 12.9. The largest absolute Gasteiger partial charge is 0.454 e. The van der Waals surface area contributed by atoms with E-state index in [1.54, 1.807) is 39.0 Å². The summed E-state index contributed by atoms with van der Waals surface area (Å²) >= 11 is 1.04. The summed E-state index contributed by atoms with van der Waals surface area (Å²) < 4.78 is 7.23. The van der Waals surface area contributed by atoms with Crippen LogP contribution >= 0.6 is 11.8 Å². The molecule has 0 radical (unpaired) electrons. The van der Waals surface area contributed by atoms with Gasteiger partial charge in [-0.25, -0.2) is 9.59 Å². The van der Waals surface area contributed by atoms with E-state index in [9.17, 15) is 24.0 Å². The normalized spacial score (nSPS) is 11.3. The SMILES string of the molecule is CCCn1c(N)c(C(=O)CSc2ccccc2C(=O)OCC(=O)C(C)(C)C)c(=O)n(C)c1=O. The highest BCUT2D eigenvalue weighted by molar-refractivity contribution is 8.00. The number of Topliss-reactive ketones (excluding diaryl/α,β-unsaturated/α-hetero) is 2. The topological polar surface area (TPSA) is 130 Å². The number of rotatable bonds is 9. The van der Waals surface area contributed by atoms with Crippen molar-refractivity contribution in [1.29, 1.82) is 0 Å². The smallest absolute Gasteiger partial charge is 0.339 e. The van der Waals surface area contributed by atoms with Crippen LogP contribution in [0.15, 0.2) is 38.8 Å². The van der Waals surface area contributed by atoms with Crippen LogP contribution in [0.1, 0.15) is 54.8 Å². The van der Waals surface area contributed by atoms with Crippen LogP contribution in [0.3, 0.4) is 0 Å². The van der Waals surface area contributed by atoms with Crippen molar-refractivity contribution in [3.63, 3.8) is 0 Å². The maximum atomic E-state index is 12.9. The highest BCUT2D eigenvalue weighted by Gasteiger charge is 2.25. The summed E-state index contributed by atoms with van der Waals surface area (Å²) in [6.45, 7) is 6.97. The van der Waals surface area contributed by atoms with E-state index in [0.29, 0.717) is 11.3 Å². The second kappa shape index (κ2) is 10.7. The molecule has 0 bridgehead atoms. The zero-order valence-electron chi connectivity index (χ0n) is 19.5. The van der Waals surface area contributed by atoms with Gasteiger partial charge >= 0.3 is 11.7 Å². The minimum absolute atomic E-state index is 0.163. The standard InChI is InChI=1S/C23H29N3O6S/c1-6-11-26-19(24)18(20(29)25(5)22(26)31)15(27)13-33-16-10-8-7-9-14(16)21(30)32-12-17(28)23(2,3)4/h7-10H,6,11-13,24H2,1-5H3. The zero-order valence-corrected chi connectivity index (χ0v) is 20.3. The summed E-state index contributed by atoms with van der Waals surface area (Å²) in [4.78, 5) is 62.8. The summed E-state index contributed by atoms with van der Waals surface area (Å²) in [7, 11) is 1.30. The molecule has 2 rings (SSSR count). The molecule has 1 aromatic heterocycles. The van der Waals surface area contributed by atoms with Crippen LogP contribution in [0.5, 0.6) is 0 Å². The van der Waals surface area contributed by atoms with Crippen molar-refractivity contribution >= 4 is 35.1 Å². The van der Waals surface area contributed by atoms with Gasteiger partial charge in [0.2, 0.25) is 0 Å². The van der Waals surface area contributed by atoms with E-state index in [1.165, 1.54) is 17.7 Å². The van der Waals surface area contributed by atoms with Crippen LogP contribution in [-0.2, 0) is 23.1 Å². The summed E-state index contributed by atoms with van der Waals surface area (Å²) in [5.41, 5.74) is 3.97. The molecule has 0 unspecified atom stereocenters. The van der Waals surface area contributed by atoms with Gasteiger partial charge in [-0.2, -0.15) is 0 Å². The molecule has 0 saturated carbocycles. The van der Waals surface area contributed by atoms with E-state index in [2.05, 4.69) is 0 Å². The van der Waals surface area contributed by atoms with Crippen LogP contribution in [0.2, 0.25) is 0 Å². The lowest BCUT2D eigenvalue weighted by Gasteiger charge is -2.16. The van der Waals surface area contributed by atoms with Crippen molar-refractivity contribution in [2.45, 2.75) is 45.6 Å². The Labute approximate surface area is 195 Å². The van der Waals surface area contributed by atoms with Crippen molar-refractivity contribution in [1.82, 2.24) is 9.13 Å². The number of carbonyl (C=O) groups excluding carboxylic acids is 3. The van der Waals surface area contributed by atoms with Gasteiger partial charge in [0.25, 0.3) is 5.56 Å². The quantitative estimate of drug-likeness (QED) is 0.332. The molecule has 33 heavy (non-hydrogen) atoms. The van der Waals surface area contributed by atoms with Crippen LogP contribution in [0, 0.1) is 5.41 Å². The molecule has 0 aliphatic heterocycles. The molecule has 0 spiro atoms. The number of nitrogens with two attached hydrogens (primary N) is 1. The van der Waals surface area contributed by atoms with Gasteiger partial charge < -0.3 is 10.5 Å². The van der Waals surface area contributed by atoms with Gasteiger partial charge in [-0.3, -0.25) is 23.5 Å². The lowest BCUT2D eigenvalue weighted by Crippen LogP contribution is -2.42. The highest BCUT2D eigenvalue weighted by Crippen LogP contribution is 2.25. The first-order valence-electron chi connectivity index (χ1n) is 10.4. The minimum Gasteiger partial charge on any atom is -0.454 e. The Balaban J connectivity index is 2.24. The molecular weight excluding hydrogens is 446 g/mol. The van der Waals surface area contributed by atoms with Crippen molar-refractivity contribution in [3.8, 4) is 0 Å². The average molecular weight is 476 g/mol. The van der Waals surface area contributed by atoms with E-state index in [-0.39, 0.29) is 41.6 Å². The fourth-order valence-corrected chi connectivity index (χ4v) is 3.80.